The number of rotatable bonds is 8. The Morgan fingerprint density at radius 2 is 1.94 bits per heavy atom. The van der Waals surface area contributed by atoms with Gasteiger partial charge < -0.3 is 20.4 Å². The van der Waals surface area contributed by atoms with Crippen molar-refractivity contribution >= 4 is 11.7 Å². The van der Waals surface area contributed by atoms with Crippen molar-refractivity contribution < 1.29 is 9.53 Å². The number of nitrogens with zero attached hydrogens (tertiary/aromatic N) is 1. The molecular weight excluding hydrogens is 392 g/mol. The molecule has 1 fully saturated rings. The zero-order chi connectivity index (χ0) is 22.2. The minimum Gasteiger partial charge on any atom is -0.493 e. The highest BCUT2D eigenvalue weighted by molar-refractivity contribution is 5.90. The highest BCUT2D eigenvalue weighted by Gasteiger charge is 2.18. The number of hydrogen-bond acceptors (Lipinski definition) is 4. The van der Waals surface area contributed by atoms with Crippen LogP contribution >= 0.6 is 0 Å². The predicted octanol–water partition coefficient (Wildman–Crippen LogP) is 4.80. The van der Waals surface area contributed by atoms with E-state index >= 15 is 0 Å². The molecule has 0 spiro atoms. The molecule has 2 aromatic rings. The number of aryl methyl sites for hydroxylation is 1. The summed E-state index contributed by atoms with van der Waals surface area (Å²) in [4.78, 5) is 32.7. The molecular formula is C24H34N4O3. The third-order valence-electron chi connectivity index (χ3n) is 5.68. The summed E-state index contributed by atoms with van der Waals surface area (Å²) in [5.74, 6) is 1.09. The zero-order valence-corrected chi connectivity index (χ0v) is 18.8. The lowest BCUT2D eigenvalue weighted by atomic mass is 9.96. The fourth-order valence-corrected chi connectivity index (χ4v) is 4.06. The van der Waals surface area contributed by atoms with Gasteiger partial charge in [-0.3, -0.25) is 4.79 Å². The van der Waals surface area contributed by atoms with Crippen LogP contribution in [0.15, 0.2) is 23.0 Å². The molecule has 0 aliphatic heterocycles. The Labute approximate surface area is 184 Å². The van der Waals surface area contributed by atoms with Crippen LogP contribution in [0.4, 0.5) is 10.5 Å². The number of urea groups is 1. The van der Waals surface area contributed by atoms with E-state index < -0.39 is 0 Å². The van der Waals surface area contributed by atoms with Crippen molar-refractivity contribution in [2.75, 3.05) is 11.9 Å². The standard InChI is InChI=1S/C24H34N4O3/c1-4-14-31-21-13-12-17(26-24(30)25-16-10-8-7-9-11-16)15-19(21)22-27-20(6-3)18(5-2)23(29)28-22/h12-13,15-16H,4-11,14H2,1-3H3,(H2,25,26,30)(H,27,28,29). The second-order valence-electron chi connectivity index (χ2n) is 8.04. The van der Waals surface area contributed by atoms with Crippen LogP contribution in [0.5, 0.6) is 5.75 Å². The number of hydrogen-bond donors (Lipinski definition) is 3. The largest absolute Gasteiger partial charge is 0.493 e. The van der Waals surface area contributed by atoms with Crippen LogP contribution in [-0.4, -0.2) is 28.6 Å². The van der Waals surface area contributed by atoms with Crippen LogP contribution in [0, 0.1) is 0 Å². The van der Waals surface area contributed by atoms with E-state index in [-0.39, 0.29) is 17.6 Å². The molecule has 1 aliphatic rings. The summed E-state index contributed by atoms with van der Waals surface area (Å²) in [7, 11) is 0. The van der Waals surface area contributed by atoms with Crippen molar-refractivity contribution in [1.82, 2.24) is 15.3 Å². The third kappa shape index (κ3) is 5.87. The van der Waals surface area contributed by atoms with Gasteiger partial charge in [0.15, 0.2) is 0 Å². The maximum absolute atomic E-state index is 12.6. The highest BCUT2D eigenvalue weighted by atomic mass is 16.5. The fraction of sp³-hybridized carbons (Fsp3) is 0.542. The van der Waals surface area contributed by atoms with Crippen molar-refractivity contribution in [3.05, 3.63) is 39.8 Å². The van der Waals surface area contributed by atoms with Crippen LogP contribution in [0.25, 0.3) is 11.4 Å². The molecule has 0 saturated heterocycles. The third-order valence-corrected chi connectivity index (χ3v) is 5.68. The number of carbonyl (C=O) groups is 1. The van der Waals surface area contributed by atoms with E-state index in [0.29, 0.717) is 47.8 Å². The molecule has 1 aliphatic carbocycles. The van der Waals surface area contributed by atoms with E-state index in [1.165, 1.54) is 6.42 Å². The topological polar surface area (TPSA) is 96.1 Å². The lowest BCUT2D eigenvalue weighted by Gasteiger charge is -2.23. The van der Waals surface area contributed by atoms with Crippen LogP contribution in [0.1, 0.15) is 70.6 Å². The number of H-pyrrole nitrogens is 1. The van der Waals surface area contributed by atoms with Crippen molar-refractivity contribution in [1.29, 1.82) is 0 Å². The van der Waals surface area contributed by atoms with Crippen molar-refractivity contribution in [3.63, 3.8) is 0 Å². The molecule has 7 nitrogen and oxygen atoms in total. The molecule has 0 unspecified atom stereocenters. The summed E-state index contributed by atoms with van der Waals surface area (Å²) in [5, 5.41) is 5.99. The smallest absolute Gasteiger partial charge is 0.319 e. The molecule has 1 aromatic carbocycles. The van der Waals surface area contributed by atoms with Gasteiger partial charge in [-0.1, -0.05) is 40.0 Å². The Hall–Kier alpha value is -2.83. The van der Waals surface area contributed by atoms with Crippen LogP contribution in [0.3, 0.4) is 0 Å². The Kier molecular flexibility index (Phi) is 8.09. The Morgan fingerprint density at radius 3 is 2.61 bits per heavy atom. The Morgan fingerprint density at radius 1 is 1.16 bits per heavy atom. The average Bonchev–Trinajstić information content (AvgIpc) is 2.78. The number of ether oxygens (including phenoxy) is 1. The molecule has 168 valence electrons. The molecule has 2 amide bonds. The van der Waals surface area contributed by atoms with Gasteiger partial charge in [0.1, 0.15) is 11.6 Å². The van der Waals surface area contributed by atoms with Gasteiger partial charge in [0.2, 0.25) is 0 Å². The molecule has 3 N–H and O–H groups in total. The first-order chi connectivity index (χ1) is 15.0. The SMILES string of the molecule is CCCOc1ccc(NC(=O)NC2CCCCC2)cc1-c1nc(CC)c(CC)c(=O)[nH]1. The van der Waals surface area contributed by atoms with E-state index in [0.717, 1.165) is 37.8 Å². The van der Waals surface area contributed by atoms with E-state index in [9.17, 15) is 9.59 Å². The molecule has 3 rings (SSSR count). The van der Waals surface area contributed by atoms with Gasteiger partial charge in [0, 0.05) is 17.3 Å². The highest BCUT2D eigenvalue weighted by Crippen LogP contribution is 2.31. The molecule has 1 heterocycles. The Bertz CT molecular complexity index is 948. The van der Waals surface area contributed by atoms with Crippen molar-refractivity contribution in [2.45, 2.75) is 78.2 Å². The number of aromatic nitrogens is 2. The van der Waals surface area contributed by atoms with Gasteiger partial charge in [-0.25, -0.2) is 9.78 Å². The number of carbonyl (C=O) groups excluding carboxylic acids is 1. The number of amides is 2. The number of nitrogens with one attached hydrogen (secondary N) is 3. The first-order valence-electron chi connectivity index (χ1n) is 11.5. The fourth-order valence-electron chi connectivity index (χ4n) is 4.06. The maximum atomic E-state index is 12.6. The van der Waals surface area contributed by atoms with Gasteiger partial charge in [-0.15, -0.1) is 0 Å². The van der Waals surface area contributed by atoms with Gasteiger partial charge in [0.25, 0.3) is 5.56 Å². The number of anilines is 1. The Balaban J connectivity index is 1.89. The lowest BCUT2D eigenvalue weighted by Crippen LogP contribution is -2.39. The summed E-state index contributed by atoms with van der Waals surface area (Å²) in [6.45, 7) is 6.54. The summed E-state index contributed by atoms with van der Waals surface area (Å²) in [5.41, 5.74) is 2.67. The summed E-state index contributed by atoms with van der Waals surface area (Å²) in [6.07, 6.45) is 7.78. The van der Waals surface area contributed by atoms with Gasteiger partial charge in [0.05, 0.1) is 17.9 Å². The van der Waals surface area contributed by atoms with E-state index in [4.69, 9.17) is 9.72 Å². The number of benzene rings is 1. The quantitative estimate of drug-likeness (QED) is 0.565. The molecule has 0 atom stereocenters. The lowest BCUT2D eigenvalue weighted by molar-refractivity contribution is 0.244. The van der Waals surface area contributed by atoms with Crippen molar-refractivity contribution in [2.24, 2.45) is 0 Å². The van der Waals surface area contributed by atoms with E-state index in [1.807, 2.05) is 39.0 Å². The van der Waals surface area contributed by atoms with Crippen molar-refractivity contribution in [3.8, 4) is 17.1 Å². The van der Waals surface area contributed by atoms with Crippen LogP contribution < -0.4 is 20.9 Å². The number of aromatic amines is 1. The second kappa shape index (κ2) is 11.0. The minimum atomic E-state index is -0.211. The summed E-state index contributed by atoms with van der Waals surface area (Å²) in [6, 6.07) is 5.47. The van der Waals surface area contributed by atoms with Gasteiger partial charge in [-0.05, 0) is 50.3 Å². The van der Waals surface area contributed by atoms with Crippen LogP contribution in [0.2, 0.25) is 0 Å². The van der Waals surface area contributed by atoms with E-state index in [1.54, 1.807) is 0 Å². The monoisotopic (exact) mass is 426 g/mol. The first kappa shape index (κ1) is 22.8. The first-order valence-corrected chi connectivity index (χ1v) is 11.5. The molecule has 0 radical (unpaired) electrons. The average molecular weight is 427 g/mol. The van der Waals surface area contributed by atoms with Crippen LogP contribution in [-0.2, 0) is 12.8 Å². The summed E-state index contributed by atoms with van der Waals surface area (Å²) < 4.78 is 5.90. The van der Waals surface area contributed by atoms with Gasteiger partial charge in [-0.2, -0.15) is 0 Å². The predicted molar refractivity (Wildman–Crippen MR) is 124 cm³/mol. The molecule has 31 heavy (non-hydrogen) atoms. The van der Waals surface area contributed by atoms with E-state index in [2.05, 4.69) is 15.6 Å². The molecule has 7 heteroatoms. The zero-order valence-electron chi connectivity index (χ0n) is 18.8. The molecule has 0 bridgehead atoms. The minimum absolute atomic E-state index is 0.126. The second-order valence-corrected chi connectivity index (χ2v) is 8.04. The molecule has 1 aromatic heterocycles. The van der Waals surface area contributed by atoms with Gasteiger partial charge >= 0.3 is 6.03 Å². The maximum Gasteiger partial charge on any atom is 0.319 e. The summed E-state index contributed by atoms with van der Waals surface area (Å²) >= 11 is 0. The molecule has 1 saturated carbocycles. The normalized spacial score (nSPS) is 14.3.